The molecule has 0 bridgehead atoms. The molecule has 1 aliphatic rings. The van der Waals surface area contributed by atoms with Gasteiger partial charge in [-0.1, -0.05) is 74.0 Å². The molecule has 0 saturated carbocycles. The van der Waals surface area contributed by atoms with Crippen LogP contribution in [0.5, 0.6) is 5.75 Å². The maximum absolute atomic E-state index is 12.8. The molecule has 1 unspecified atom stereocenters. The molecule has 1 atom stereocenters. The maximum Gasteiger partial charge on any atom is 0.226 e. The Morgan fingerprint density at radius 2 is 1.72 bits per heavy atom. The highest BCUT2D eigenvalue weighted by Gasteiger charge is 2.19. The van der Waals surface area contributed by atoms with E-state index in [4.69, 9.17) is 16.3 Å². The molecule has 2 amide bonds. The van der Waals surface area contributed by atoms with Gasteiger partial charge >= 0.3 is 0 Å². The summed E-state index contributed by atoms with van der Waals surface area (Å²) in [6.45, 7) is 5.44. The van der Waals surface area contributed by atoms with Gasteiger partial charge in [-0.05, 0) is 35.9 Å². The van der Waals surface area contributed by atoms with Crippen LogP contribution in [0.4, 0.5) is 0 Å². The third kappa shape index (κ3) is 8.08. The summed E-state index contributed by atoms with van der Waals surface area (Å²) in [6, 6.07) is 16.0. The third-order valence-electron chi connectivity index (χ3n) is 4.41. The van der Waals surface area contributed by atoms with Crippen LogP contribution in [0.2, 0.25) is 5.02 Å². The minimum Gasteiger partial charge on any atom is -0.459 e. The number of halogens is 1. The second-order valence-electron chi connectivity index (χ2n) is 6.80. The standard InChI is InChI=1S/C24H23ClN2O3.C2H6/c1-17(28)26-22(18-8-4-2-5-9-18)16-24(29)27-21-10-6-3-7-11-23(21)30-20-14-12-19(25)13-15-20;1-2/h2-10,12-15,22H,11,16H2,1H3,(H,26,28)(H,27,29);1-2H3. The molecule has 6 heteroatoms. The number of allylic oxidation sites excluding steroid dienone is 4. The predicted octanol–water partition coefficient (Wildman–Crippen LogP) is 5.86. The molecular formula is C26H29ClN2O3. The summed E-state index contributed by atoms with van der Waals surface area (Å²) in [6.07, 6.45) is 8.11. The molecule has 0 radical (unpaired) electrons. The van der Waals surface area contributed by atoms with Gasteiger partial charge in [0.1, 0.15) is 11.5 Å². The Morgan fingerprint density at radius 3 is 2.38 bits per heavy atom. The van der Waals surface area contributed by atoms with Crippen LogP contribution in [0.3, 0.4) is 0 Å². The first-order valence-corrected chi connectivity index (χ1v) is 11.0. The van der Waals surface area contributed by atoms with Crippen molar-refractivity contribution in [3.63, 3.8) is 0 Å². The molecule has 5 nitrogen and oxygen atoms in total. The molecule has 0 saturated heterocycles. The van der Waals surface area contributed by atoms with Gasteiger partial charge < -0.3 is 15.4 Å². The monoisotopic (exact) mass is 452 g/mol. The fourth-order valence-corrected chi connectivity index (χ4v) is 3.16. The summed E-state index contributed by atoms with van der Waals surface area (Å²) in [5.74, 6) is 0.828. The van der Waals surface area contributed by atoms with Crippen LogP contribution in [0, 0.1) is 0 Å². The third-order valence-corrected chi connectivity index (χ3v) is 4.66. The van der Waals surface area contributed by atoms with Gasteiger partial charge in [0.25, 0.3) is 0 Å². The van der Waals surface area contributed by atoms with Crippen LogP contribution >= 0.6 is 11.6 Å². The highest BCUT2D eigenvalue weighted by Crippen LogP contribution is 2.23. The summed E-state index contributed by atoms with van der Waals surface area (Å²) in [5.41, 5.74) is 1.45. The van der Waals surface area contributed by atoms with E-state index in [9.17, 15) is 9.59 Å². The molecule has 1 aliphatic carbocycles. The zero-order valence-corrected chi connectivity index (χ0v) is 19.4. The van der Waals surface area contributed by atoms with E-state index in [0.29, 0.717) is 28.6 Å². The summed E-state index contributed by atoms with van der Waals surface area (Å²) < 4.78 is 5.99. The van der Waals surface area contributed by atoms with Crippen LogP contribution in [-0.2, 0) is 9.59 Å². The van der Waals surface area contributed by atoms with Gasteiger partial charge in [0.15, 0.2) is 0 Å². The minimum atomic E-state index is -0.419. The number of rotatable bonds is 7. The summed E-state index contributed by atoms with van der Waals surface area (Å²) in [4.78, 5) is 24.4. The van der Waals surface area contributed by atoms with Gasteiger partial charge in [-0.3, -0.25) is 9.59 Å². The number of ether oxygens (including phenoxy) is 1. The van der Waals surface area contributed by atoms with Crippen LogP contribution in [0.25, 0.3) is 0 Å². The Morgan fingerprint density at radius 1 is 1.03 bits per heavy atom. The number of amides is 2. The van der Waals surface area contributed by atoms with Gasteiger partial charge in [-0.15, -0.1) is 0 Å². The molecule has 2 aromatic carbocycles. The number of benzene rings is 2. The van der Waals surface area contributed by atoms with Crippen molar-refractivity contribution in [2.24, 2.45) is 0 Å². The fourth-order valence-electron chi connectivity index (χ4n) is 3.03. The maximum atomic E-state index is 12.8. The molecular weight excluding hydrogens is 424 g/mol. The fraction of sp³-hybridized carbons (Fsp3) is 0.231. The Balaban J connectivity index is 0.00000176. The van der Waals surface area contributed by atoms with Crippen molar-refractivity contribution in [2.75, 3.05) is 0 Å². The first-order valence-electron chi connectivity index (χ1n) is 10.6. The number of hydrogen-bond donors (Lipinski definition) is 2. The van der Waals surface area contributed by atoms with Crippen LogP contribution in [0.1, 0.15) is 45.2 Å². The number of carbonyl (C=O) groups excluding carboxylic acids is 2. The topological polar surface area (TPSA) is 67.4 Å². The molecule has 168 valence electrons. The van der Waals surface area contributed by atoms with Crippen molar-refractivity contribution < 1.29 is 14.3 Å². The normalized spacial score (nSPS) is 13.4. The second-order valence-corrected chi connectivity index (χ2v) is 7.24. The van der Waals surface area contributed by atoms with E-state index in [1.807, 2.05) is 62.4 Å². The van der Waals surface area contributed by atoms with Gasteiger partial charge in [0.2, 0.25) is 11.8 Å². The molecule has 3 rings (SSSR count). The SMILES string of the molecule is CC.CC(=O)NC(CC(=O)NC1=C(Oc2ccc(Cl)cc2)CC=CC=C1)c1ccccc1. The first kappa shape index (κ1) is 25.0. The van der Waals surface area contributed by atoms with Crippen LogP contribution in [-0.4, -0.2) is 11.8 Å². The summed E-state index contributed by atoms with van der Waals surface area (Å²) in [7, 11) is 0. The highest BCUT2D eigenvalue weighted by molar-refractivity contribution is 6.30. The number of hydrogen-bond acceptors (Lipinski definition) is 3. The minimum absolute atomic E-state index is 0.0998. The lowest BCUT2D eigenvalue weighted by Crippen LogP contribution is -2.32. The van der Waals surface area contributed by atoms with Crippen molar-refractivity contribution in [1.29, 1.82) is 0 Å². The average Bonchev–Trinajstić information content (AvgIpc) is 3.01. The molecule has 0 spiro atoms. The number of nitrogens with one attached hydrogen (secondary N) is 2. The predicted molar refractivity (Wildman–Crippen MR) is 129 cm³/mol. The Bertz CT molecular complexity index is 980. The molecule has 0 aliphatic heterocycles. The van der Waals surface area contributed by atoms with Gasteiger partial charge in [-0.25, -0.2) is 0 Å². The molecule has 0 aromatic heterocycles. The van der Waals surface area contributed by atoms with Gasteiger partial charge in [0, 0.05) is 18.4 Å². The zero-order chi connectivity index (χ0) is 23.3. The lowest BCUT2D eigenvalue weighted by Gasteiger charge is -2.19. The van der Waals surface area contributed by atoms with Crippen molar-refractivity contribution in [3.05, 3.63) is 101 Å². The lowest BCUT2D eigenvalue weighted by molar-refractivity contribution is -0.122. The molecule has 32 heavy (non-hydrogen) atoms. The van der Waals surface area contributed by atoms with E-state index in [-0.39, 0.29) is 18.2 Å². The van der Waals surface area contributed by atoms with E-state index < -0.39 is 6.04 Å². The molecule has 2 aromatic rings. The van der Waals surface area contributed by atoms with E-state index >= 15 is 0 Å². The highest BCUT2D eigenvalue weighted by atomic mass is 35.5. The largest absolute Gasteiger partial charge is 0.459 e. The van der Waals surface area contributed by atoms with Crippen molar-refractivity contribution in [1.82, 2.24) is 10.6 Å². The Labute approximate surface area is 194 Å². The van der Waals surface area contributed by atoms with E-state index in [0.717, 1.165) is 5.56 Å². The van der Waals surface area contributed by atoms with Crippen molar-refractivity contribution in [2.45, 2.75) is 39.7 Å². The van der Waals surface area contributed by atoms with E-state index in [1.165, 1.54) is 6.92 Å². The average molecular weight is 453 g/mol. The van der Waals surface area contributed by atoms with Crippen LogP contribution < -0.4 is 15.4 Å². The lowest BCUT2D eigenvalue weighted by atomic mass is 10.0. The van der Waals surface area contributed by atoms with Crippen LogP contribution in [0.15, 0.2) is 90.4 Å². The smallest absolute Gasteiger partial charge is 0.226 e. The summed E-state index contributed by atoms with van der Waals surface area (Å²) in [5, 5.41) is 6.39. The first-order chi connectivity index (χ1) is 15.5. The second kappa shape index (κ2) is 13.2. The Hall–Kier alpha value is -3.31. The molecule has 0 fully saturated rings. The summed E-state index contributed by atoms with van der Waals surface area (Å²) >= 11 is 5.94. The van der Waals surface area contributed by atoms with Gasteiger partial charge in [0.05, 0.1) is 18.2 Å². The Kier molecular flexibility index (Phi) is 10.3. The van der Waals surface area contributed by atoms with E-state index in [1.54, 1.807) is 30.3 Å². The number of carbonyl (C=O) groups is 2. The zero-order valence-electron chi connectivity index (χ0n) is 18.6. The van der Waals surface area contributed by atoms with Crippen molar-refractivity contribution in [3.8, 4) is 5.75 Å². The van der Waals surface area contributed by atoms with E-state index in [2.05, 4.69) is 10.6 Å². The van der Waals surface area contributed by atoms with Crippen molar-refractivity contribution >= 4 is 23.4 Å². The molecule has 0 heterocycles. The quantitative estimate of drug-likeness (QED) is 0.553. The molecule has 2 N–H and O–H groups in total. The van der Waals surface area contributed by atoms with Gasteiger partial charge in [-0.2, -0.15) is 0 Å².